The molecule has 1 aliphatic rings. The first-order valence-electron chi connectivity index (χ1n) is 7.33. The summed E-state index contributed by atoms with van der Waals surface area (Å²) in [6.07, 6.45) is 0. The minimum absolute atomic E-state index is 0.0447. The third-order valence-electron chi connectivity index (χ3n) is 3.93. The Labute approximate surface area is 144 Å². The molecule has 0 bridgehead atoms. The second-order valence-corrected chi connectivity index (χ2v) is 6.29. The number of phenols is 1. The van der Waals surface area contributed by atoms with Crippen molar-refractivity contribution in [2.24, 2.45) is 0 Å². The van der Waals surface area contributed by atoms with Crippen LogP contribution in [0.2, 0.25) is 10.0 Å². The number of hydrogen-bond acceptors (Lipinski definition) is 3. The van der Waals surface area contributed by atoms with Crippen molar-refractivity contribution in [3.8, 4) is 5.75 Å². The lowest BCUT2D eigenvalue weighted by Crippen LogP contribution is -2.48. The van der Waals surface area contributed by atoms with Crippen LogP contribution in [0.25, 0.3) is 0 Å². The van der Waals surface area contributed by atoms with Crippen LogP contribution < -0.4 is 4.90 Å². The maximum Gasteiger partial charge on any atom is 0.257 e. The molecule has 1 amide bonds. The van der Waals surface area contributed by atoms with Gasteiger partial charge in [-0.25, -0.2) is 0 Å². The first-order chi connectivity index (χ1) is 11.0. The van der Waals surface area contributed by atoms with Crippen molar-refractivity contribution >= 4 is 34.8 Å². The average molecular weight is 351 g/mol. The zero-order valence-electron chi connectivity index (χ0n) is 12.4. The molecule has 1 heterocycles. The highest BCUT2D eigenvalue weighted by atomic mass is 35.5. The summed E-state index contributed by atoms with van der Waals surface area (Å²) in [5.74, 6) is -0.243. The molecule has 6 heteroatoms. The number of carbonyl (C=O) groups excluding carboxylic acids is 1. The number of anilines is 1. The molecule has 2 aromatic rings. The maximum atomic E-state index is 12.5. The van der Waals surface area contributed by atoms with E-state index in [0.717, 1.165) is 5.69 Å². The summed E-state index contributed by atoms with van der Waals surface area (Å²) < 4.78 is 0. The number of aromatic hydroxyl groups is 1. The van der Waals surface area contributed by atoms with E-state index in [2.05, 4.69) is 4.90 Å². The molecule has 1 saturated heterocycles. The van der Waals surface area contributed by atoms with Gasteiger partial charge in [-0.05, 0) is 36.4 Å². The molecule has 4 nitrogen and oxygen atoms in total. The largest absolute Gasteiger partial charge is 0.507 e. The quantitative estimate of drug-likeness (QED) is 0.898. The van der Waals surface area contributed by atoms with Crippen molar-refractivity contribution < 1.29 is 9.90 Å². The van der Waals surface area contributed by atoms with Crippen LogP contribution in [0.4, 0.5) is 5.69 Å². The molecule has 0 atom stereocenters. The van der Waals surface area contributed by atoms with E-state index in [0.29, 0.717) is 36.2 Å². The van der Waals surface area contributed by atoms with E-state index in [1.54, 1.807) is 11.0 Å². The van der Waals surface area contributed by atoms with Gasteiger partial charge in [0.15, 0.2) is 0 Å². The summed E-state index contributed by atoms with van der Waals surface area (Å²) in [5, 5.41) is 11.0. The van der Waals surface area contributed by atoms with Gasteiger partial charge in [0.2, 0.25) is 0 Å². The van der Waals surface area contributed by atoms with E-state index in [4.69, 9.17) is 23.2 Å². The smallest absolute Gasteiger partial charge is 0.257 e. The van der Waals surface area contributed by atoms with Crippen molar-refractivity contribution in [2.45, 2.75) is 0 Å². The molecule has 1 fully saturated rings. The van der Waals surface area contributed by atoms with Crippen molar-refractivity contribution in [2.75, 3.05) is 31.1 Å². The normalized spacial score (nSPS) is 14.9. The molecular formula is C17H16Cl2N2O2. The summed E-state index contributed by atoms with van der Waals surface area (Å²) in [7, 11) is 0. The van der Waals surface area contributed by atoms with E-state index >= 15 is 0 Å². The summed E-state index contributed by atoms with van der Waals surface area (Å²) >= 11 is 11.9. The molecular weight excluding hydrogens is 335 g/mol. The number of piperazine rings is 1. The second kappa shape index (κ2) is 6.69. The predicted molar refractivity (Wildman–Crippen MR) is 92.7 cm³/mol. The van der Waals surface area contributed by atoms with Gasteiger partial charge < -0.3 is 14.9 Å². The minimum atomic E-state index is -0.198. The van der Waals surface area contributed by atoms with Crippen LogP contribution in [0.1, 0.15) is 10.4 Å². The number of carbonyl (C=O) groups is 1. The van der Waals surface area contributed by atoms with Gasteiger partial charge in [0, 0.05) is 41.9 Å². The van der Waals surface area contributed by atoms with E-state index in [-0.39, 0.29) is 17.2 Å². The van der Waals surface area contributed by atoms with Gasteiger partial charge >= 0.3 is 0 Å². The van der Waals surface area contributed by atoms with Gasteiger partial charge in [0.05, 0.1) is 5.56 Å². The first kappa shape index (κ1) is 16.0. The third kappa shape index (κ3) is 3.54. The molecule has 0 unspecified atom stereocenters. The van der Waals surface area contributed by atoms with Crippen molar-refractivity contribution in [3.63, 3.8) is 0 Å². The Kier molecular flexibility index (Phi) is 4.64. The second-order valence-electron chi connectivity index (χ2n) is 5.42. The van der Waals surface area contributed by atoms with Crippen LogP contribution >= 0.6 is 23.2 Å². The van der Waals surface area contributed by atoms with Gasteiger partial charge in [0.25, 0.3) is 5.91 Å². The fourth-order valence-corrected chi connectivity index (χ4v) is 3.05. The van der Waals surface area contributed by atoms with Crippen LogP contribution in [0.15, 0.2) is 42.5 Å². The molecule has 23 heavy (non-hydrogen) atoms. The Morgan fingerprint density at radius 3 is 2.35 bits per heavy atom. The Balaban J connectivity index is 1.69. The molecule has 0 saturated carbocycles. The highest BCUT2D eigenvalue weighted by Gasteiger charge is 2.24. The van der Waals surface area contributed by atoms with Crippen LogP contribution in [-0.2, 0) is 0 Å². The van der Waals surface area contributed by atoms with Gasteiger partial charge in [-0.1, -0.05) is 29.3 Å². The number of nitrogens with zero attached hydrogens (tertiary/aromatic N) is 2. The van der Waals surface area contributed by atoms with E-state index in [9.17, 15) is 9.90 Å². The molecule has 0 aromatic heterocycles. The Morgan fingerprint density at radius 2 is 1.65 bits per heavy atom. The highest BCUT2D eigenvalue weighted by molar-refractivity contribution is 6.31. The van der Waals surface area contributed by atoms with Gasteiger partial charge in [-0.15, -0.1) is 0 Å². The van der Waals surface area contributed by atoms with E-state index < -0.39 is 0 Å². The van der Waals surface area contributed by atoms with Crippen molar-refractivity contribution in [1.29, 1.82) is 0 Å². The first-order valence-corrected chi connectivity index (χ1v) is 8.08. The van der Waals surface area contributed by atoms with Crippen molar-refractivity contribution in [1.82, 2.24) is 4.90 Å². The number of phenolic OH excluding ortho intramolecular Hbond substituents is 1. The fourth-order valence-electron chi connectivity index (χ4n) is 2.69. The zero-order chi connectivity index (χ0) is 16.4. The minimum Gasteiger partial charge on any atom is -0.507 e. The number of halogens is 2. The van der Waals surface area contributed by atoms with Crippen LogP contribution in [-0.4, -0.2) is 42.1 Å². The molecule has 0 spiro atoms. The van der Waals surface area contributed by atoms with Gasteiger partial charge in [-0.3, -0.25) is 4.79 Å². The molecule has 1 N–H and O–H groups in total. The van der Waals surface area contributed by atoms with E-state index in [1.807, 2.05) is 24.3 Å². The van der Waals surface area contributed by atoms with Crippen molar-refractivity contribution in [3.05, 3.63) is 58.1 Å². The molecule has 0 radical (unpaired) electrons. The van der Waals surface area contributed by atoms with Crippen LogP contribution in [0.5, 0.6) is 5.75 Å². The van der Waals surface area contributed by atoms with Crippen LogP contribution in [0.3, 0.4) is 0 Å². The topological polar surface area (TPSA) is 43.8 Å². The lowest BCUT2D eigenvalue weighted by atomic mass is 10.1. The molecule has 1 aliphatic heterocycles. The number of benzene rings is 2. The predicted octanol–water partition coefficient (Wildman–Crippen LogP) is 3.66. The lowest BCUT2D eigenvalue weighted by molar-refractivity contribution is 0.0744. The van der Waals surface area contributed by atoms with Gasteiger partial charge in [-0.2, -0.15) is 0 Å². The standard InChI is InChI=1S/C17H16Cl2N2O2/c18-12-2-1-3-14(10-12)20-6-8-21(9-7-20)17(23)15-11-13(19)4-5-16(15)22/h1-5,10-11,22H,6-9H2. The lowest BCUT2D eigenvalue weighted by Gasteiger charge is -2.36. The fraction of sp³-hybridized carbons (Fsp3) is 0.235. The maximum absolute atomic E-state index is 12.5. The molecule has 0 aliphatic carbocycles. The number of hydrogen-bond donors (Lipinski definition) is 1. The summed E-state index contributed by atoms with van der Waals surface area (Å²) in [6, 6.07) is 12.2. The highest BCUT2D eigenvalue weighted by Crippen LogP contribution is 2.25. The summed E-state index contributed by atoms with van der Waals surface area (Å²) in [6.45, 7) is 2.59. The number of rotatable bonds is 2. The molecule has 3 rings (SSSR count). The Bertz CT molecular complexity index is 728. The van der Waals surface area contributed by atoms with Gasteiger partial charge in [0.1, 0.15) is 5.75 Å². The summed E-state index contributed by atoms with van der Waals surface area (Å²) in [4.78, 5) is 16.5. The van der Waals surface area contributed by atoms with E-state index in [1.165, 1.54) is 12.1 Å². The Hall–Kier alpha value is -1.91. The SMILES string of the molecule is O=C(c1cc(Cl)ccc1O)N1CCN(c2cccc(Cl)c2)CC1. The number of amides is 1. The average Bonchev–Trinajstić information content (AvgIpc) is 2.56. The summed E-state index contributed by atoms with van der Waals surface area (Å²) in [5.41, 5.74) is 1.30. The molecule has 120 valence electrons. The Morgan fingerprint density at radius 1 is 0.957 bits per heavy atom. The zero-order valence-corrected chi connectivity index (χ0v) is 13.9. The van der Waals surface area contributed by atoms with Crippen LogP contribution in [0, 0.1) is 0 Å². The monoisotopic (exact) mass is 350 g/mol. The third-order valence-corrected chi connectivity index (χ3v) is 4.40. The molecule has 2 aromatic carbocycles.